The molecule has 0 unspecified atom stereocenters. The molecule has 1 aromatic heterocycles. The molecule has 0 saturated carbocycles. The van der Waals surface area contributed by atoms with E-state index in [1.165, 1.54) is 29.7 Å². The molecule has 0 bridgehead atoms. The number of amides is 1. The van der Waals surface area contributed by atoms with Gasteiger partial charge in [-0.1, -0.05) is 16.6 Å². The fourth-order valence-corrected chi connectivity index (χ4v) is 2.94. The normalized spacial score (nSPS) is 10.5. The summed E-state index contributed by atoms with van der Waals surface area (Å²) in [6, 6.07) is 11.4. The number of nitro benzene ring substituents is 1. The molecule has 1 amide bonds. The maximum atomic E-state index is 12.5. The lowest BCUT2D eigenvalue weighted by Crippen LogP contribution is -2.13. The van der Waals surface area contributed by atoms with Crippen LogP contribution in [0.3, 0.4) is 0 Å². The molecule has 0 fully saturated rings. The van der Waals surface area contributed by atoms with Gasteiger partial charge >= 0.3 is 0 Å². The van der Waals surface area contributed by atoms with Crippen LogP contribution in [0, 0.1) is 10.1 Å². The summed E-state index contributed by atoms with van der Waals surface area (Å²) in [7, 11) is 1.55. The Bertz CT molecular complexity index is 961. The highest BCUT2D eigenvalue weighted by Crippen LogP contribution is 2.26. The van der Waals surface area contributed by atoms with Gasteiger partial charge in [0.05, 0.1) is 11.5 Å². The lowest BCUT2D eigenvalue weighted by atomic mass is 10.1. The van der Waals surface area contributed by atoms with Crippen molar-refractivity contribution in [2.24, 2.45) is 0 Å². The summed E-state index contributed by atoms with van der Waals surface area (Å²) in [5.74, 6) is -0.436. The fraction of sp³-hybridized carbons (Fsp3) is 0.167. The first-order valence-corrected chi connectivity index (χ1v) is 9.12. The van der Waals surface area contributed by atoms with Crippen LogP contribution in [0.5, 0.6) is 0 Å². The van der Waals surface area contributed by atoms with Crippen LogP contribution in [-0.4, -0.2) is 40.7 Å². The summed E-state index contributed by atoms with van der Waals surface area (Å²) in [5.41, 5.74) is 2.57. The Labute approximate surface area is 164 Å². The Morgan fingerprint density at radius 1 is 1.25 bits per heavy atom. The minimum Gasteiger partial charge on any atom is -0.383 e. The van der Waals surface area contributed by atoms with Gasteiger partial charge in [-0.2, -0.15) is 0 Å². The molecular weight excluding hydrogens is 382 g/mol. The molecule has 0 saturated heterocycles. The highest BCUT2D eigenvalue weighted by Gasteiger charge is 2.17. The van der Waals surface area contributed by atoms with Crippen LogP contribution in [0.25, 0.3) is 11.3 Å². The predicted molar refractivity (Wildman–Crippen MR) is 107 cm³/mol. The first-order valence-electron chi connectivity index (χ1n) is 8.28. The van der Waals surface area contributed by atoms with Gasteiger partial charge < -0.3 is 15.4 Å². The van der Waals surface area contributed by atoms with E-state index in [-0.39, 0.29) is 11.3 Å². The lowest BCUT2D eigenvalue weighted by molar-refractivity contribution is -0.384. The van der Waals surface area contributed by atoms with E-state index in [9.17, 15) is 14.9 Å². The number of benzene rings is 2. The van der Waals surface area contributed by atoms with Gasteiger partial charge in [0.1, 0.15) is 11.4 Å². The van der Waals surface area contributed by atoms with Gasteiger partial charge in [0.25, 0.3) is 11.6 Å². The molecule has 3 rings (SSSR count). The van der Waals surface area contributed by atoms with Crippen LogP contribution >= 0.6 is 11.5 Å². The zero-order chi connectivity index (χ0) is 19.9. The molecule has 2 aromatic carbocycles. The SMILES string of the molecule is COCCNc1ccc(C(=O)Nc2ccc(-c3csnn3)cc2)cc1[N+](=O)[O-]. The second-order valence-corrected chi connectivity index (χ2v) is 6.34. The van der Waals surface area contributed by atoms with Gasteiger partial charge in [0.15, 0.2) is 0 Å². The van der Waals surface area contributed by atoms with E-state index in [0.717, 1.165) is 11.3 Å². The zero-order valence-corrected chi connectivity index (χ0v) is 15.7. The lowest BCUT2D eigenvalue weighted by Gasteiger charge is -2.09. The van der Waals surface area contributed by atoms with Crippen molar-refractivity contribution in [3.8, 4) is 11.3 Å². The van der Waals surface area contributed by atoms with Crippen LogP contribution < -0.4 is 10.6 Å². The molecule has 1 heterocycles. The molecule has 144 valence electrons. The highest BCUT2D eigenvalue weighted by atomic mass is 32.1. The minimum absolute atomic E-state index is 0.171. The quantitative estimate of drug-likeness (QED) is 0.338. The van der Waals surface area contributed by atoms with Crippen molar-refractivity contribution < 1.29 is 14.5 Å². The summed E-state index contributed by atoms with van der Waals surface area (Å²) in [4.78, 5) is 23.3. The molecular formula is C18H17N5O4S. The van der Waals surface area contributed by atoms with Gasteiger partial charge in [0, 0.05) is 41.9 Å². The molecule has 0 radical (unpaired) electrons. The predicted octanol–water partition coefficient (Wildman–Crippen LogP) is 3.42. The third-order valence-corrected chi connectivity index (χ3v) is 4.38. The second-order valence-electron chi connectivity index (χ2n) is 5.73. The van der Waals surface area contributed by atoms with Crippen molar-refractivity contribution in [2.75, 3.05) is 30.9 Å². The van der Waals surface area contributed by atoms with Crippen molar-refractivity contribution >= 4 is 34.5 Å². The summed E-state index contributed by atoms with van der Waals surface area (Å²) < 4.78 is 8.74. The molecule has 28 heavy (non-hydrogen) atoms. The van der Waals surface area contributed by atoms with Gasteiger partial charge in [-0.05, 0) is 35.8 Å². The number of ether oxygens (including phenoxy) is 1. The Morgan fingerprint density at radius 2 is 2.04 bits per heavy atom. The van der Waals surface area contributed by atoms with Gasteiger partial charge in [0.2, 0.25) is 0 Å². The van der Waals surface area contributed by atoms with Gasteiger partial charge in [-0.15, -0.1) is 5.10 Å². The van der Waals surface area contributed by atoms with E-state index in [2.05, 4.69) is 20.2 Å². The summed E-state index contributed by atoms with van der Waals surface area (Å²) in [5, 5.41) is 22.8. The molecule has 0 atom stereocenters. The summed E-state index contributed by atoms with van der Waals surface area (Å²) in [6.07, 6.45) is 0. The van der Waals surface area contributed by atoms with E-state index in [0.29, 0.717) is 24.5 Å². The summed E-state index contributed by atoms with van der Waals surface area (Å²) in [6.45, 7) is 0.829. The largest absolute Gasteiger partial charge is 0.383 e. The maximum absolute atomic E-state index is 12.5. The van der Waals surface area contributed by atoms with Crippen molar-refractivity contribution in [3.63, 3.8) is 0 Å². The zero-order valence-electron chi connectivity index (χ0n) is 14.9. The Hall–Kier alpha value is -3.37. The van der Waals surface area contributed by atoms with Crippen molar-refractivity contribution in [2.45, 2.75) is 0 Å². The van der Waals surface area contributed by atoms with Crippen molar-refractivity contribution in [3.05, 3.63) is 63.5 Å². The standard InChI is InChI=1S/C18H17N5O4S/c1-27-9-8-19-15-7-4-13(10-17(15)23(25)26)18(24)20-14-5-2-12(3-6-14)16-11-28-22-21-16/h2-7,10-11,19H,8-9H2,1H3,(H,20,24). The molecule has 0 spiro atoms. The number of nitrogens with one attached hydrogen (secondary N) is 2. The van der Waals surface area contributed by atoms with Crippen LogP contribution in [0.2, 0.25) is 0 Å². The third-order valence-electron chi connectivity index (χ3n) is 3.88. The number of methoxy groups -OCH3 is 1. The number of aromatic nitrogens is 2. The van der Waals surface area contributed by atoms with Crippen LogP contribution in [0.15, 0.2) is 47.8 Å². The topological polar surface area (TPSA) is 119 Å². The molecule has 3 aromatic rings. The Kier molecular flexibility index (Phi) is 6.25. The molecule has 2 N–H and O–H groups in total. The minimum atomic E-state index is -0.525. The van der Waals surface area contributed by atoms with Gasteiger partial charge in [-0.25, -0.2) is 0 Å². The van der Waals surface area contributed by atoms with E-state index in [4.69, 9.17) is 4.74 Å². The van der Waals surface area contributed by atoms with Crippen LogP contribution in [0.1, 0.15) is 10.4 Å². The molecule has 10 heteroatoms. The number of nitro groups is 1. The van der Waals surface area contributed by atoms with Crippen LogP contribution in [-0.2, 0) is 4.74 Å². The van der Waals surface area contributed by atoms with Gasteiger partial charge in [-0.3, -0.25) is 14.9 Å². The molecule has 0 aliphatic heterocycles. The Morgan fingerprint density at radius 3 is 2.68 bits per heavy atom. The van der Waals surface area contributed by atoms with Crippen LogP contribution in [0.4, 0.5) is 17.1 Å². The third kappa shape index (κ3) is 4.67. The first-order chi connectivity index (χ1) is 13.6. The number of carbonyl (C=O) groups is 1. The average Bonchev–Trinajstić information content (AvgIpc) is 3.23. The van der Waals surface area contributed by atoms with E-state index in [1.807, 2.05) is 17.5 Å². The maximum Gasteiger partial charge on any atom is 0.293 e. The number of rotatable bonds is 8. The van der Waals surface area contributed by atoms with Crippen molar-refractivity contribution in [1.82, 2.24) is 9.59 Å². The number of carbonyl (C=O) groups excluding carboxylic acids is 1. The highest BCUT2D eigenvalue weighted by molar-refractivity contribution is 7.03. The van der Waals surface area contributed by atoms with E-state index in [1.54, 1.807) is 19.2 Å². The Balaban J connectivity index is 1.73. The number of nitrogens with zero attached hydrogens (tertiary/aromatic N) is 3. The van der Waals surface area contributed by atoms with E-state index < -0.39 is 10.8 Å². The average molecular weight is 399 g/mol. The van der Waals surface area contributed by atoms with E-state index >= 15 is 0 Å². The number of hydrogen-bond donors (Lipinski definition) is 2. The molecule has 9 nitrogen and oxygen atoms in total. The molecule has 0 aliphatic carbocycles. The fourth-order valence-electron chi connectivity index (χ4n) is 2.48. The van der Waals surface area contributed by atoms with Crippen molar-refractivity contribution in [1.29, 1.82) is 0 Å². The summed E-state index contributed by atoms with van der Waals surface area (Å²) >= 11 is 1.26. The second kappa shape index (κ2) is 9.02. The number of anilines is 2. The monoisotopic (exact) mass is 399 g/mol. The molecule has 0 aliphatic rings. The first kappa shape index (κ1) is 19.4. The number of hydrogen-bond acceptors (Lipinski definition) is 8. The smallest absolute Gasteiger partial charge is 0.293 e.